The summed E-state index contributed by atoms with van der Waals surface area (Å²) < 4.78 is 41.3. The molecule has 112 valence electrons. The highest BCUT2D eigenvalue weighted by Gasteiger charge is 2.20. The summed E-state index contributed by atoms with van der Waals surface area (Å²) in [6, 6.07) is 7.08. The predicted molar refractivity (Wildman–Crippen MR) is 85.8 cm³/mol. The van der Waals surface area contributed by atoms with Crippen molar-refractivity contribution in [3.05, 3.63) is 56.8 Å². The van der Waals surface area contributed by atoms with Gasteiger partial charge in [-0.2, -0.15) is 0 Å². The molecule has 0 saturated heterocycles. The molecule has 3 nitrogen and oxygen atoms in total. The number of sulfonamides is 1. The van der Waals surface area contributed by atoms with Crippen molar-refractivity contribution >= 4 is 43.2 Å². The molecule has 2 aromatic carbocycles. The number of halogens is 3. The number of rotatable bonds is 3. The average molecular weight is 393 g/mol. The number of aryl methyl sites for hydroxylation is 2. The number of anilines is 1. The molecule has 0 aliphatic heterocycles. The van der Waals surface area contributed by atoms with Crippen molar-refractivity contribution in [3.63, 3.8) is 0 Å². The minimum absolute atomic E-state index is 0.0787. The van der Waals surface area contributed by atoms with Crippen molar-refractivity contribution in [3.8, 4) is 0 Å². The van der Waals surface area contributed by atoms with Crippen LogP contribution >= 0.6 is 27.5 Å². The molecular weight excluding hydrogens is 381 g/mol. The highest BCUT2D eigenvalue weighted by molar-refractivity contribution is 9.10. The Morgan fingerprint density at radius 1 is 1.14 bits per heavy atom. The molecule has 0 unspecified atom stereocenters. The van der Waals surface area contributed by atoms with Crippen molar-refractivity contribution in [2.24, 2.45) is 0 Å². The summed E-state index contributed by atoms with van der Waals surface area (Å²) in [5.74, 6) is -0.460. The molecular formula is C14H12BrClFNO2S. The van der Waals surface area contributed by atoms with E-state index in [0.717, 1.165) is 0 Å². The van der Waals surface area contributed by atoms with Crippen molar-refractivity contribution in [1.82, 2.24) is 0 Å². The Morgan fingerprint density at radius 2 is 1.71 bits per heavy atom. The third-order valence-corrected chi connectivity index (χ3v) is 5.77. The lowest BCUT2D eigenvalue weighted by atomic mass is 10.1. The molecule has 2 rings (SSSR count). The van der Waals surface area contributed by atoms with E-state index in [1.54, 1.807) is 32.0 Å². The van der Waals surface area contributed by atoms with Gasteiger partial charge in [0.2, 0.25) is 0 Å². The fourth-order valence-electron chi connectivity index (χ4n) is 2.09. The highest BCUT2D eigenvalue weighted by Crippen LogP contribution is 2.28. The van der Waals surface area contributed by atoms with Crippen LogP contribution in [0, 0.1) is 19.7 Å². The van der Waals surface area contributed by atoms with E-state index >= 15 is 0 Å². The van der Waals surface area contributed by atoms with Gasteiger partial charge in [0.05, 0.1) is 15.6 Å². The van der Waals surface area contributed by atoms with Crippen molar-refractivity contribution in [2.45, 2.75) is 18.7 Å². The Balaban J connectivity index is 2.46. The van der Waals surface area contributed by atoms with Gasteiger partial charge in [0.15, 0.2) is 0 Å². The molecule has 0 saturated carbocycles. The smallest absolute Gasteiger partial charge is 0.262 e. The molecule has 0 bridgehead atoms. The van der Waals surface area contributed by atoms with Crippen LogP contribution in [-0.2, 0) is 10.0 Å². The summed E-state index contributed by atoms with van der Waals surface area (Å²) in [6.45, 7) is 3.12. The molecule has 2 aromatic rings. The molecule has 0 aromatic heterocycles. The second-order valence-electron chi connectivity index (χ2n) is 4.60. The molecule has 0 amide bonds. The Bertz CT molecular complexity index is 786. The zero-order valence-corrected chi connectivity index (χ0v) is 14.4. The van der Waals surface area contributed by atoms with Gasteiger partial charge in [0.1, 0.15) is 5.82 Å². The quantitative estimate of drug-likeness (QED) is 0.826. The zero-order chi connectivity index (χ0) is 15.8. The molecule has 0 heterocycles. The molecule has 0 fully saturated rings. The van der Waals surface area contributed by atoms with Gasteiger partial charge in [-0.1, -0.05) is 11.6 Å². The molecule has 7 heteroatoms. The van der Waals surface area contributed by atoms with Gasteiger partial charge >= 0.3 is 0 Å². The molecule has 1 N–H and O–H groups in total. The third-order valence-electron chi connectivity index (χ3n) is 2.87. The number of hydrogen-bond acceptors (Lipinski definition) is 2. The van der Waals surface area contributed by atoms with Crippen LogP contribution in [0.2, 0.25) is 5.02 Å². The van der Waals surface area contributed by atoms with Crippen LogP contribution in [0.1, 0.15) is 11.1 Å². The van der Waals surface area contributed by atoms with Gasteiger partial charge in [-0.25, -0.2) is 12.8 Å². The first-order valence-electron chi connectivity index (χ1n) is 5.95. The van der Waals surface area contributed by atoms with Gasteiger partial charge < -0.3 is 0 Å². The Labute approximate surface area is 136 Å². The van der Waals surface area contributed by atoms with Crippen LogP contribution in [-0.4, -0.2) is 8.42 Å². The Hall–Kier alpha value is -1.11. The Morgan fingerprint density at radius 3 is 2.24 bits per heavy atom. The summed E-state index contributed by atoms with van der Waals surface area (Å²) in [7, 11) is -3.80. The minimum atomic E-state index is -3.80. The molecule has 0 aliphatic rings. The SMILES string of the molecule is Cc1cc(F)cc(C)c1S(=O)(=O)Nc1ccc(Cl)c(Br)c1. The van der Waals surface area contributed by atoms with E-state index in [2.05, 4.69) is 20.7 Å². The topological polar surface area (TPSA) is 46.2 Å². The Kier molecular flexibility index (Phi) is 4.60. The maximum absolute atomic E-state index is 13.3. The van der Waals surface area contributed by atoms with Crippen LogP contribution in [0.4, 0.5) is 10.1 Å². The van der Waals surface area contributed by atoms with Gasteiger partial charge in [0.25, 0.3) is 10.0 Å². The third kappa shape index (κ3) is 3.56. The second-order valence-corrected chi connectivity index (χ2v) is 7.48. The van der Waals surface area contributed by atoms with E-state index in [9.17, 15) is 12.8 Å². The fourth-order valence-corrected chi connectivity index (χ4v) is 4.09. The predicted octanol–water partition coefficient (Wildman–Crippen LogP) is 4.66. The normalized spacial score (nSPS) is 11.5. The molecule has 0 aliphatic carbocycles. The first kappa shape index (κ1) is 16.3. The second kappa shape index (κ2) is 5.94. The minimum Gasteiger partial charge on any atom is -0.280 e. The molecule has 21 heavy (non-hydrogen) atoms. The van der Waals surface area contributed by atoms with Gasteiger partial charge in [0, 0.05) is 4.47 Å². The van der Waals surface area contributed by atoms with E-state index in [1.165, 1.54) is 12.1 Å². The number of hydrogen-bond donors (Lipinski definition) is 1. The molecule has 0 spiro atoms. The summed E-state index contributed by atoms with van der Waals surface area (Å²) in [6.07, 6.45) is 0. The number of nitrogens with one attached hydrogen (secondary N) is 1. The first-order valence-corrected chi connectivity index (χ1v) is 8.61. The van der Waals surface area contributed by atoms with E-state index in [0.29, 0.717) is 26.3 Å². The fraction of sp³-hybridized carbons (Fsp3) is 0.143. The van der Waals surface area contributed by atoms with E-state index < -0.39 is 15.8 Å². The van der Waals surface area contributed by atoms with Crippen molar-refractivity contribution in [2.75, 3.05) is 4.72 Å². The monoisotopic (exact) mass is 391 g/mol. The lowest BCUT2D eigenvalue weighted by Crippen LogP contribution is -2.16. The average Bonchev–Trinajstić information content (AvgIpc) is 2.31. The van der Waals surface area contributed by atoms with E-state index in [-0.39, 0.29) is 4.90 Å². The first-order chi connectivity index (χ1) is 9.70. The molecule has 0 atom stereocenters. The van der Waals surface area contributed by atoms with Crippen LogP contribution < -0.4 is 4.72 Å². The standard InChI is InChI=1S/C14H12BrClFNO2S/c1-8-5-10(17)6-9(2)14(8)21(19,20)18-11-3-4-13(16)12(15)7-11/h3-7,18H,1-2H3. The lowest BCUT2D eigenvalue weighted by molar-refractivity contribution is 0.597. The van der Waals surface area contributed by atoms with Crippen LogP contribution in [0.3, 0.4) is 0 Å². The van der Waals surface area contributed by atoms with Crippen molar-refractivity contribution in [1.29, 1.82) is 0 Å². The largest absolute Gasteiger partial charge is 0.280 e. The molecule has 0 radical (unpaired) electrons. The summed E-state index contributed by atoms with van der Waals surface area (Å²) in [5.41, 5.74) is 1.08. The van der Waals surface area contributed by atoms with Gasteiger partial charge in [-0.3, -0.25) is 4.72 Å². The highest BCUT2D eigenvalue weighted by atomic mass is 79.9. The maximum Gasteiger partial charge on any atom is 0.262 e. The van der Waals surface area contributed by atoms with E-state index in [4.69, 9.17) is 11.6 Å². The summed E-state index contributed by atoms with van der Waals surface area (Å²) in [5, 5.41) is 0.479. The van der Waals surface area contributed by atoms with Gasteiger partial charge in [-0.05, 0) is 71.2 Å². The number of benzene rings is 2. The zero-order valence-electron chi connectivity index (χ0n) is 11.2. The lowest BCUT2D eigenvalue weighted by Gasteiger charge is -2.13. The summed E-state index contributed by atoms with van der Waals surface area (Å²) >= 11 is 9.10. The summed E-state index contributed by atoms with van der Waals surface area (Å²) in [4.78, 5) is 0.0787. The van der Waals surface area contributed by atoms with Gasteiger partial charge in [-0.15, -0.1) is 0 Å². The van der Waals surface area contributed by atoms with E-state index in [1.807, 2.05) is 0 Å². The van der Waals surface area contributed by atoms with Crippen LogP contribution in [0.15, 0.2) is 39.7 Å². The van der Waals surface area contributed by atoms with Crippen LogP contribution in [0.25, 0.3) is 0 Å². The van der Waals surface area contributed by atoms with Crippen LogP contribution in [0.5, 0.6) is 0 Å². The maximum atomic E-state index is 13.3. The van der Waals surface area contributed by atoms with Crippen molar-refractivity contribution < 1.29 is 12.8 Å².